The maximum Gasteiger partial charge on any atom is 0.238 e. The maximum absolute atomic E-state index is 13.7. The molecular weight excluding hydrogens is 424 g/mol. The first-order chi connectivity index (χ1) is 15.4. The zero-order chi connectivity index (χ0) is 22.7. The second-order valence-electron chi connectivity index (χ2n) is 7.64. The Hall–Kier alpha value is -3.42. The molecule has 0 atom stereocenters. The number of thiocarbonyl (C=S) groups is 1. The largest absolute Gasteiger partial charge is 0.867 e. The number of aryl methyl sites for hydroxylation is 2. The van der Waals surface area contributed by atoms with Gasteiger partial charge in [-0.1, -0.05) is 24.4 Å². The number of hydrogen-bond acceptors (Lipinski definition) is 5. The molecule has 2 N–H and O–H groups in total. The van der Waals surface area contributed by atoms with Gasteiger partial charge in [0.1, 0.15) is 13.2 Å². The number of aromatic nitrogens is 1. The Balaban J connectivity index is 1.80. The summed E-state index contributed by atoms with van der Waals surface area (Å²) in [5.74, 6) is 0.868. The molecule has 0 saturated carbocycles. The van der Waals surface area contributed by atoms with Gasteiger partial charge in [0.05, 0.1) is 6.61 Å². The van der Waals surface area contributed by atoms with Crippen LogP contribution in [0.1, 0.15) is 22.3 Å². The molecule has 1 aromatic heterocycles. The second-order valence-corrected chi connectivity index (χ2v) is 8.05. The van der Waals surface area contributed by atoms with Crippen molar-refractivity contribution in [3.8, 4) is 11.5 Å². The van der Waals surface area contributed by atoms with E-state index in [1.165, 1.54) is 0 Å². The number of aliphatic hydroxyl groups is 1. The summed E-state index contributed by atoms with van der Waals surface area (Å²) in [4.78, 5) is 0.273. The highest BCUT2D eigenvalue weighted by molar-refractivity contribution is 7.81. The number of pyridine rings is 1. The first-order valence-electron chi connectivity index (χ1n) is 10.3. The van der Waals surface area contributed by atoms with Gasteiger partial charge in [-0.15, -0.1) is 0 Å². The first kappa shape index (κ1) is 21.8. The van der Waals surface area contributed by atoms with Gasteiger partial charge in [-0.25, -0.2) is 0 Å². The van der Waals surface area contributed by atoms with Crippen molar-refractivity contribution in [2.24, 2.45) is 0 Å². The quantitative estimate of drug-likeness (QED) is 0.271. The number of aliphatic hydroxyl groups excluding tert-OH is 1. The summed E-state index contributed by atoms with van der Waals surface area (Å²) in [6, 6.07) is 14.7. The average molecular weight is 449 g/mol. The summed E-state index contributed by atoms with van der Waals surface area (Å²) in [5.41, 5.74) is 4.34. The van der Waals surface area contributed by atoms with E-state index in [2.05, 4.69) is 11.4 Å². The molecule has 0 saturated heterocycles. The van der Waals surface area contributed by atoms with Crippen LogP contribution in [-0.4, -0.2) is 23.3 Å². The smallest absolute Gasteiger partial charge is 0.238 e. The molecule has 3 aromatic rings. The molecule has 0 radical (unpaired) electrons. The molecule has 6 nitrogen and oxygen atoms in total. The Bertz CT molecular complexity index is 1190. The number of rotatable bonds is 5. The standard InChI is InChI=1S/C25H24N2O4S/c1-16-10-17(2)12-20(11-16)26-25(32)23(27-7-3-4-18(14-27)15-28)24(29)19-5-6-21-22(13-19)31-9-8-30-21/h3-7,10-14,28H,8-9,15H2,1-2H3,(H-,26,29,32). The first-order valence-corrected chi connectivity index (χ1v) is 10.7. The summed E-state index contributed by atoms with van der Waals surface area (Å²) >= 11 is 5.69. The number of benzene rings is 2. The monoisotopic (exact) mass is 448 g/mol. The van der Waals surface area contributed by atoms with Crippen molar-refractivity contribution in [1.29, 1.82) is 0 Å². The van der Waals surface area contributed by atoms with Crippen molar-refractivity contribution in [3.05, 3.63) is 83.2 Å². The van der Waals surface area contributed by atoms with Crippen molar-refractivity contribution >= 4 is 34.3 Å². The predicted molar refractivity (Wildman–Crippen MR) is 125 cm³/mol. The molecule has 0 bridgehead atoms. The van der Waals surface area contributed by atoms with Gasteiger partial charge in [0.15, 0.2) is 28.9 Å². The van der Waals surface area contributed by atoms with Gasteiger partial charge >= 0.3 is 0 Å². The Labute approximate surface area is 192 Å². The molecule has 2 aromatic carbocycles. The van der Waals surface area contributed by atoms with Crippen molar-refractivity contribution in [2.45, 2.75) is 20.5 Å². The molecule has 0 aliphatic carbocycles. The number of nitrogens with zero attached hydrogens (tertiary/aromatic N) is 1. The Morgan fingerprint density at radius 2 is 1.78 bits per heavy atom. The second kappa shape index (κ2) is 9.38. The third kappa shape index (κ3) is 4.74. The van der Waals surface area contributed by atoms with E-state index in [-0.39, 0.29) is 23.1 Å². The van der Waals surface area contributed by atoms with E-state index >= 15 is 0 Å². The van der Waals surface area contributed by atoms with Gasteiger partial charge in [-0.2, -0.15) is 4.57 Å². The highest BCUT2D eigenvalue weighted by Crippen LogP contribution is 2.32. The van der Waals surface area contributed by atoms with E-state index in [1.807, 2.05) is 26.0 Å². The number of anilines is 1. The Morgan fingerprint density at radius 1 is 1.06 bits per heavy atom. The highest BCUT2D eigenvalue weighted by Gasteiger charge is 2.21. The van der Waals surface area contributed by atoms with Crippen LogP contribution in [0.2, 0.25) is 0 Å². The molecule has 1 aliphatic rings. The lowest BCUT2D eigenvalue weighted by Crippen LogP contribution is -2.40. The fraction of sp³-hybridized carbons (Fsp3) is 0.200. The molecule has 0 fully saturated rings. The maximum atomic E-state index is 13.7. The number of ether oxygens (including phenoxy) is 2. The fourth-order valence-corrected chi connectivity index (χ4v) is 3.97. The number of fused-ring (bicyclic) bond motifs is 1. The number of hydrogen-bond donors (Lipinski definition) is 2. The van der Waals surface area contributed by atoms with E-state index < -0.39 is 0 Å². The molecule has 0 amide bonds. The highest BCUT2D eigenvalue weighted by atomic mass is 32.1. The predicted octanol–water partition coefficient (Wildman–Crippen LogP) is 2.98. The van der Waals surface area contributed by atoms with Gasteiger partial charge in [0.25, 0.3) is 0 Å². The lowest BCUT2D eigenvalue weighted by atomic mass is 10.1. The molecule has 2 heterocycles. The lowest BCUT2D eigenvalue weighted by molar-refractivity contribution is -0.578. The van der Waals surface area contributed by atoms with Gasteiger partial charge in [0, 0.05) is 17.3 Å². The number of nitrogens with one attached hydrogen (secondary N) is 1. The molecule has 164 valence electrons. The van der Waals surface area contributed by atoms with Crippen LogP contribution in [-0.2, 0) is 6.61 Å². The summed E-state index contributed by atoms with van der Waals surface area (Å²) in [6.07, 6.45) is 3.43. The van der Waals surface area contributed by atoms with Crippen molar-refractivity contribution in [1.82, 2.24) is 0 Å². The Morgan fingerprint density at radius 3 is 2.50 bits per heavy atom. The molecule has 0 spiro atoms. The van der Waals surface area contributed by atoms with Crippen LogP contribution >= 0.6 is 12.2 Å². The van der Waals surface area contributed by atoms with Gasteiger partial charge in [-0.3, -0.25) is 0 Å². The molecule has 4 rings (SSSR count). The normalized spacial score (nSPS) is 13.3. The molecule has 32 heavy (non-hydrogen) atoms. The minimum atomic E-state index is -0.274. The minimum Gasteiger partial charge on any atom is -0.867 e. The zero-order valence-electron chi connectivity index (χ0n) is 17.9. The lowest BCUT2D eigenvalue weighted by Gasteiger charge is -2.21. The molecular formula is C25H24N2O4S. The van der Waals surface area contributed by atoms with Crippen LogP contribution in [0, 0.1) is 13.8 Å². The van der Waals surface area contributed by atoms with Crippen LogP contribution in [0.4, 0.5) is 5.69 Å². The van der Waals surface area contributed by atoms with Gasteiger partial charge < -0.3 is 25.0 Å². The van der Waals surface area contributed by atoms with Crippen LogP contribution < -0.4 is 24.5 Å². The molecule has 1 aliphatic heterocycles. The molecule has 0 unspecified atom stereocenters. The fourth-order valence-electron chi connectivity index (χ4n) is 3.65. The van der Waals surface area contributed by atoms with Crippen LogP contribution in [0.3, 0.4) is 0 Å². The third-order valence-corrected chi connectivity index (χ3v) is 5.31. The van der Waals surface area contributed by atoms with Crippen molar-refractivity contribution in [3.63, 3.8) is 0 Å². The molecule has 7 heteroatoms. The topological polar surface area (TPSA) is 77.7 Å². The Kier molecular flexibility index (Phi) is 6.39. The van der Waals surface area contributed by atoms with Crippen LogP contribution in [0.5, 0.6) is 11.5 Å². The van der Waals surface area contributed by atoms with E-state index in [1.54, 1.807) is 47.3 Å². The zero-order valence-corrected chi connectivity index (χ0v) is 18.7. The summed E-state index contributed by atoms with van der Waals surface area (Å²) in [7, 11) is 0. The SMILES string of the molecule is Cc1cc(C)cc(NC(=S)/C(=C(\[O-])c2ccc3c(c2)OCCO3)[n+]2cccc(CO)c2)c1. The van der Waals surface area contributed by atoms with E-state index in [4.69, 9.17) is 21.7 Å². The van der Waals surface area contributed by atoms with Crippen molar-refractivity contribution in [2.75, 3.05) is 18.5 Å². The summed E-state index contributed by atoms with van der Waals surface area (Å²) in [6.45, 7) is 4.77. The van der Waals surface area contributed by atoms with E-state index in [9.17, 15) is 10.2 Å². The minimum absolute atomic E-state index is 0.149. The summed E-state index contributed by atoms with van der Waals surface area (Å²) < 4.78 is 12.9. The van der Waals surface area contributed by atoms with E-state index in [0.29, 0.717) is 35.8 Å². The van der Waals surface area contributed by atoms with Gasteiger partial charge in [-0.05, 0) is 66.6 Å². The van der Waals surface area contributed by atoms with Crippen LogP contribution in [0.15, 0.2) is 60.9 Å². The summed E-state index contributed by atoms with van der Waals surface area (Å²) in [5, 5.41) is 26.4. The van der Waals surface area contributed by atoms with E-state index in [0.717, 1.165) is 16.8 Å². The van der Waals surface area contributed by atoms with Gasteiger partial charge in [0.2, 0.25) is 5.70 Å². The van der Waals surface area contributed by atoms with Crippen molar-refractivity contribution < 1.29 is 24.3 Å². The third-order valence-electron chi connectivity index (χ3n) is 5.02. The van der Waals surface area contributed by atoms with Crippen LogP contribution in [0.25, 0.3) is 11.5 Å². The average Bonchev–Trinajstić information content (AvgIpc) is 2.78.